The maximum absolute atomic E-state index is 12.4. The van der Waals surface area contributed by atoms with Gasteiger partial charge in [0.05, 0.1) is 12.7 Å². The van der Waals surface area contributed by atoms with Crippen molar-refractivity contribution < 1.29 is 9.53 Å². The Morgan fingerprint density at radius 2 is 1.93 bits per heavy atom. The Morgan fingerprint density at radius 3 is 2.67 bits per heavy atom. The fourth-order valence-corrected chi connectivity index (χ4v) is 3.07. The van der Waals surface area contributed by atoms with Crippen molar-refractivity contribution in [3.05, 3.63) is 70.9 Å². The van der Waals surface area contributed by atoms with Crippen LogP contribution in [0.2, 0.25) is 0 Å². The molecule has 0 radical (unpaired) electrons. The Morgan fingerprint density at radius 1 is 1.15 bits per heavy atom. The van der Waals surface area contributed by atoms with E-state index in [1.165, 1.54) is 11.3 Å². The largest absolute Gasteiger partial charge is 0.374 e. The monoisotopic (exact) mass is 382 g/mol. The maximum Gasteiger partial charge on any atom is 0.271 e. The Hall–Kier alpha value is -2.77. The van der Waals surface area contributed by atoms with E-state index in [1.54, 1.807) is 11.6 Å². The summed E-state index contributed by atoms with van der Waals surface area (Å²) in [6.45, 7) is 4.96. The van der Waals surface area contributed by atoms with E-state index in [2.05, 4.69) is 20.6 Å². The molecule has 6 nitrogen and oxygen atoms in total. The molecule has 7 heteroatoms. The third-order valence-corrected chi connectivity index (χ3v) is 4.52. The lowest BCUT2D eigenvalue weighted by Gasteiger charge is -2.12. The molecule has 2 N–H and O–H groups in total. The third-order valence-electron chi connectivity index (χ3n) is 3.77. The Kier molecular flexibility index (Phi) is 6.51. The van der Waals surface area contributed by atoms with E-state index in [1.807, 2.05) is 56.3 Å². The van der Waals surface area contributed by atoms with Crippen LogP contribution in [-0.2, 0) is 17.9 Å². The first-order chi connectivity index (χ1) is 13.1. The molecule has 1 aromatic carbocycles. The minimum absolute atomic E-state index is 0.160. The number of thiazole rings is 1. The zero-order valence-electron chi connectivity index (χ0n) is 15.3. The SMILES string of the molecule is CC(C)OCc1ccccc1CNC(=O)c1csc(Nc2ccccn2)n1. The van der Waals surface area contributed by atoms with E-state index in [0.29, 0.717) is 29.8 Å². The predicted octanol–water partition coefficient (Wildman–Crippen LogP) is 4.14. The Labute approximate surface area is 162 Å². The van der Waals surface area contributed by atoms with Crippen LogP contribution in [0.5, 0.6) is 0 Å². The molecule has 0 saturated carbocycles. The lowest BCUT2D eigenvalue weighted by Crippen LogP contribution is -2.24. The van der Waals surface area contributed by atoms with Crippen LogP contribution in [0.25, 0.3) is 0 Å². The number of hydrogen-bond donors (Lipinski definition) is 2. The summed E-state index contributed by atoms with van der Waals surface area (Å²) in [4.78, 5) is 20.9. The molecule has 3 rings (SSSR count). The van der Waals surface area contributed by atoms with Gasteiger partial charge in [0.1, 0.15) is 11.5 Å². The molecule has 0 spiro atoms. The van der Waals surface area contributed by atoms with Crippen LogP contribution in [0.15, 0.2) is 54.0 Å². The molecular weight excluding hydrogens is 360 g/mol. The Balaban J connectivity index is 1.59. The van der Waals surface area contributed by atoms with Crippen molar-refractivity contribution in [3.8, 4) is 0 Å². The van der Waals surface area contributed by atoms with Crippen molar-refractivity contribution in [1.82, 2.24) is 15.3 Å². The number of benzene rings is 1. The highest BCUT2D eigenvalue weighted by molar-refractivity contribution is 7.14. The predicted molar refractivity (Wildman–Crippen MR) is 107 cm³/mol. The van der Waals surface area contributed by atoms with E-state index < -0.39 is 0 Å². The number of hydrogen-bond acceptors (Lipinski definition) is 6. The van der Waals surface area contributed by atoms with Crippen molar-refractivity contribution in [3.63, 3.8) is 0 Å². The molecule has 0 saturated heterocycles. The highest BCUT2D eigenvalue weighted by Crippen LogP contribution is 2.19. The van der Waals surface area contributed by atoms with E-state index in [0.717, 1.165) is 11.1 Å². The van der Waals surface area contributed by atoms with E-state index in [9.17, 15) is 4.79 Å². The normalized spacial score (nSPS) is 10.8. The van der Waals surface area contributed by atoms with Crippen LogP contribution in [0.4, 0.5) is 10.9 Å². The zero-order valence-corrected chi connectivity index (χ0v) is 16.1. The van der Waals surface area contributed by atoms with Gasteiger partial charge in [-0.15, -0.1) is 11.3 Å². The first kappa shape index (κ1) is 19.0. The highest BCUT2D eigenvalue weighted by atomic mass is 32.1. The number of pyridine rings is 1. The van der Waals surface area contributed by atoms with Crippen LogP contribution in [-0.4, -0.2) is 22.0 Å². The van der Waals surface area contributed by atoms with Gasteiger partial charge in [-0.2, -0.15) is 0 Å². The van der Waals surface area contributed by atoms with Crippen molar-refractivity contribution in [2.45, 2.75) is 33.1 Å². The van der Waals surface area contributed by atoms with Gasteiger partial charge in [-0.25, -0.2) is 9.97 Å². The van der Waals surface area contributed by atoms with Crippen molar-refractivity contribution in [1.29, 1.82) is 0 Å². The molecule has 27 heavy (non-hydrogen) atoms. The second kappa shape index (κ2) is 9.25. The lowest BCUT2D eigenvalue weighted by atomic mass is 10.1. The number of carbonyl (C=O) groups excluding carboxylic acids is 1. The van der Waals surface area contributed by atoms with Crippen LogP contribution >= 0.6 is 11.3 Å². The summed E-state index contributed by atoms with van der Waals surface area (Å²) >= 11 is 1.37. The second-order valence-electron chi connectivity index (χ2n) is 6.19. The summed E-state index contributed by atoms with van der Waals surface area (Å²) in [5, 5.41) is 8.38. The van der Waals surface area contributed by atoms with Gasteiger partial charge in [0.25, 0.3) is 5.91 Å². The van der Waals surface area contributed by atoms with Gasteiger partial charge in [0, 0.05) is 18.1 Å². The summed E-state index contributed by atoms with van der Waals surface area (Å²) in [7, 11) is 0. The molecule has 0 bridgehead atoms. The van der Waals surface area contributed by atoms with Gasteiger partial charge in [-0.1, -0.05) is 30.3 Å². The molecule has 0 atom stereocenters. The molecule has 1 amide bonds. The maximum atomic E-state index is 12.4. The minimum Gasteiger partial charge on any atom is -0.374 e. The van der Waals surface area contributed by atoms with Gasteiger partial charge in [0.15, 0.2) is 5.13 Å². The number of ether oxygens (including phenoxy) is 1. The highest BCUT2D eigenvalue weighted by Gasteiger charge is 2.12. The van der Waals surface area contributed by atoms with Crippen molar-refractivity contribution >= 4 is 28.2 Å². The number of amides is 1. The molecule has 0 aliphatic rings. The molecule has 140 valence electrons. The molecule has 0 unspecified atom stereocenters. The molecule has 2 heterocycles. The Bertz CT molecular complexity index is 880. The van der Waals surface area contributed by atoms with E-state index >= 15 is 0 Å². The van der Waals surface area contributed by atoms with Crippen molar-refractivity contribution in [2.75, 3.05) is 5.32 Å². The van der Waals surface area contributed by atoms with E-state index in [-0.39, 0.29) is 12.0 Å². The first-order valence-corrected chi connectivity index (χ1v) is 9.60. The minimum atomic E-state index is -0.208. The molecular formula is C20H22N4O2S. The summed E-state index contributed by atoms with van der Waals surface area (Å²) < 4.78 is 5.68. The standard InChI is InChI=1S/C20H22N4O2S/c1-14(2)26-12-16-8-4-3-7-15(16)11-22-19(25)17-13-27-20(23-17)24-18-9-5-6-10-21-18/h3-10,13-14H,11-12H2,1-2H3,(H,22,25)(H,21,23,24). The molecule has 3 aromatic rings. The molecule has 0 fully saturated rings. The molecule has 0 aliphatic heterocycles. The number of nitrogens with one attached hydrogen (secondary N) is 2. The average molecular weight is 382 g/mol. The molecule has 2 aromatic heterocycles. The van der Waals surface area contributed by atoms with Gasteiger partial charge < -0.3 is 15.4 Å². The van der Waals surface area contributed by atoms with Gasteiger partial charge in [0.2, 0.25) is 0 Å². The van der Waals surface area contributed by atoms with E-state index in [4.69, 9.17) is 4.74 Å². The fourth-order valence-electron chi connectivity index (χ4n) is 2.37. The summed E-state index contributed by atoms with van der Waals surface area (Å²) in [5.41, 5.74) is 2.49. The third kappa shape index (κ3) is 5.60. The van der Waals surface area contributed by atoms with Crippen LogP contribution in [0, 0.1) is 0 Å². The van der Waals surface area contributed by atoms with Crippen LogP contribution in [0.1, 0.15) is 35.5 Å². The lowest BCUT2D eigenvalue weighted by molar-refractivity contribution is 0.0651. The van der Waals surface area contributed by atoms with Gasteiger partial charge in [-0.05, 0) is 37.1 Å². The van der Waals surface area contributed by atoms with Crippen molar-refractivity contribution in [2.24, 2.45) is 0 Å². The summed E-state index contributed by atoms with van der Waals surface area (Å²) in [6, 6.07) is 13.5. The number of nitrogens with zero attached hydrogens (tertiary/aromatic N) is 2. The first-order valence-electron chi connectivity index (χ1n) is 8.72. The smallest absolute Gasteiger partial charge is 0.271 e. The van der Waals surface area contributed by atoms with Gasteiger partial charge >= 0.3 is 0 Å². The second-order valence-corrected chi connectivity index (χ2v) is 7.05. The quantitative estimate of drug-likeness (QED) is 0.612. The molecule has 0 aliphatic carbocycles. The summed E-state index contributed by atoms with van der Waals surface area (Å²) in [5.74, 6) is 0.484. The average Bonchev–Trinajstić information content (AvgIpc) is 3.14. The van der Waals surface area contributed by atoms with Crippen LogP contribution in [0.3, 0.4) is 0 Å². The zero-order chi connectivity index (χ0) is 19.1. The number of rotatable bonds is 8. The topological polar surface area (TPSA) is 76.1 Å². The van der Waals surface area contributed by atoms with Crippen LogP contribution < -0.4 is 10.6 Å². The summed E-state index contributed by atoms with van der Waals surface area (Å²) in [6.07, 6.45) is 1.86. The fraction of sp³-hybridized carbons (Fsp3) is 0.250. The van der Waals surface area contributed by atoms with Gasteiger partial charge in [-0.3, -0.25) is 4.79 Å². The number of carbonyl (C=O) groups is 1. The number of aromatic nitrogens is 2. The number of anilines is 2.